The van der Waals surface area contributed by atoms with Gasteiger partial charge >= 0.3 is 5.97 Å². The van der Waals surface area contributed by atoms with Crippen LogP contribution < -0.4 is 19.8 Å². The molecular formula is C20H17NO5. The minimum Gasteiger partial charge on any atom is -0.493 e. The zero-order valence-electron chi connectivity index (χ0n) is 14.4. The summed E-state index contributed by atoms with van der Waals surface area (Å²) < 4.78 is 16.3. The first-order valence-electron chi connectivity index (χ1n) is 8.20. The van der Waals surface area contributed by atoms with Gasteiger partial charge in [0, 0.05) is 16.9 Å². The Bertz CT molecular complexity index is 1070. The topological polar surface area (TPSA) is 77.6 Å². The van der Waals surface area contributed by atoms with E-state index in [0.29, 0.717) is 39.3 Å². The number of H-pyrrole nitrogens is 1. The lowest BCUT2D eigenvalue weighted by atomic mass is 9.85. The maximum Gasteiger partial charge on any atom is 0.312 e. The molecule has 0 saturated heterocycles. The van der Waals surface area contributed by atoms with Crippen LogP contribution in [0.5, 0.6) is 17.2 Å². The number of carbonyl (C=O) groups excluding carboxylic acids is 1. The molecule has 2 aromatic carbocycles. The molecule has 26 heavy (non-hydrogen) atoms. The molecule has 1 aromatic heterocycles. The molecule has 1 aliphatic heterocycles. The van der Waals surface area contributed by atoms with Crippen LogP contribution in [0.3, 0.4) is 0 Å². The molecule has 0 radical (unpaired) electrons. The number of fused-ring (bicyclic) bond motifs is 3. The summed E-state index contributed by atoms with van der Waals surface area (Å²) in [5, 5.41) is 0.696. The van der Waals surface area contributed by atoms with E-state index >= 15 is 0 Å². The van der Waals surface area contributed by atoms with Crippen molar-refractivity contribution in [1.29, 1.82) is 0 Å². The van der Waals surface area contributed by atoms with Gasteiger partial charge in [-0.3, -0.25) is 9.59 Å². The molecule has 1 unspecified atom stereocenters. The summed E-state index contributed by atoms with van der Waals surface area (Å²) in [7, 11) is 3.08. The van der Waals surface area contributed by atoms with E-state index in [0.717, 1.165) is 0 Å². The van der Waals surface area contributed by atoms with Gasteiger partial charge in [-0.2, -0.15) is 0 Å². The Morgan fingerprint density at radius 2 is 1.85 bits per heavy atom. The third-order valence-corrected chi connectivity index (χ3v) is 4.65. The Labute approximate surface area is 149 Å². The number of methoxy groups -OCH3 is 2. The van der Waals surface area contributed by atoms with E-state index in [1.54, 1.807) is 19.2 Å². The van der Waals surface area contributed by atoms with E-state index in [4.69, 9.17) is 14.2 Å². The molecule has 2 heterocycles. The summed E-state index contributed by atoms with van der Waals surface area (Å²) in [4.78, 5) is 28.0. The first-order valence-corrected chi connectivity index (χ1v) is 8.20. The van der Waals surface area contributed by atoms with Crippen molar-refractivity contribution in [2.75, 3.05) is 14.2 Å². The van der Waals surface area contributed by atoms with Crippen LogP contribution in [0, 0.1) is 0 Å². The quantitative estimate of drug-likeness (QED) is 0.734. The van der Waals surface area contributed by atoms with Crippen LogP contribution in [0.1, 0.15) is 23.5 Å². The predicted molar refractivity (Wildman–Crippen MR) is 96.2 cm³/mol. The van der Waals surface area contributed by atoms with Gasteiger partial charge < -0.3 is 19.2 Å². The lowest BCUT2D eigenvalue weighted by molar-refractivity contribution is -0.135. The number of hydrogen-bond donors (Lipinski definition) is 1. The first kappa shape index (κ1) is 16.2. The number of esters is 1. The number of pyridine rings is 1. The van der Waals surface area contributed by atoms with Crippen molar-refractivity contribution in [3.05, 3.63) is 63.9 Å². The second kappa shape index (κ2) is 6.22. The minimum absolute atomic E-state index is 0.0535. The number of nitrogens with one attached hydrogen (secondary N) is 1. The van der Waals surface area contributed by atoms with E-state index in [1.807, 2.05) is 30.3 Å². The molecule has 0 saturated carbocycles. The van der Waals surface area contributed by atoms with E-state index in [2.05, 4.69) is 4.98 Å². The van der Waals surface area contributed by atoms with Crippen molar-refractivity contribution in [3.63, 3.8) is 0 Å². The molecule has 0 spiro atoms. The van der Waals surface area contributed by atoms with Gasteiger partial charge in [0.05, 0.1) is 31.7 Å². The van der Waals surface area contributed by atoms with Gasteiger partial charge in [0.2, 0.25) is 0 Å². The van der Waals surface area contributed by atoms with Gasteiger partial charge in [0.25, 0.3) is 5.56 Å². The normalized spacial score (nSPS) is 16.1. The number of ether oxygens (including phenoxy) is 3. The van der Waals surface area contributed by atoms with E-state index in [1.165, 1.54) is 7.11 Å². The summed E-state index contributed by atoms with van der Waals surface area (Å²) in [6.07, 6.45) is 0.0535. The molecule has 6 heteroatoms. The average molecular weight is 351 g/mol. The maximum atomic E-state index is 12.8. The van der Waals surface area contributed by atoms with Crippen molar-refractivity contribution in [1.82, 2.24) is 4.98 Å². The lowest BCUT2D eigenvalue weighted by Crippen LogP contribution is -2.28. The summed E-state index contributed by atoms with van der Waals surface area (Å²) in [6.45, 7) is 0. The second-order valence-electron chi connectivity index (χ2n) is 6.06. The van der Waals surface area contributed by atoms with Gasteiger partial charge in [0.1, 0.15) is 5.75 Å². The SMILES string of the molecule is COc1cccc(C2CC(=O)Oc3c2c(=O)[nH]c2ccccc32)c1OC. The largest absolute Gasteiger partial charge is 0.493 e. The van der Waals surface area contributed by atoms with Crippen LogP contribution in [-0.4, -0.2) is 25.2 Å². The van der Waals surface area contributed by atoms with Crippen LogP contribution in [0.2, 0.25) is 0 Å². The highest BCUT2D eigenvalue weighted by molar-refractivity contribution is 5.91. The summed E-state index contributed by atoms with van der Waals surface area (Å²) in [5.41, 5.74) is 1.49. The summed E-state index contributed by atoms with van der Waals surface area (Å²) >= 11 is 0. The Balaban J connectivity index is 2.02. The van der Waals surface area contributed by atoms with Gasteiger partial charge in [-0.25, -0.2) is 0 Å². The maximum absolute atomic E-state index is 12.8. The third kappa shape index (κ3) is 2.42. The molecule has 6 nitrogen and oxygen atoms in total. The van der Waals surface area contributed by atoms with Crippen LogP contribution in [0.4, 0.5) is 0 Å². The Hall–Kier alpha value is -3.28. The molecule has 3 aromatic rings. The minimum atomic E-state index is -0.482. The number of hydrogen-bond acceptors (Lipinski definition) is 5. The van der Waals surface area contributed by atoms with Crippen LogP contribution >= 0.6 is 0 Å². The zero-order chi connectivity index (χ0) is 18.3. The Morgan fingerprint density at radius 3 is 2.62 bits per heavy atom. The smallest absolute Gasteiger partial charge is 0.312 e. The van der Waals surface area contributed by atoms with Crippen molar-refractivity contribution >= 4 is 16.9 Å². The number of benzene rings is 2. The number of aromatic amines is 1. The molecular weight excluding hydrogens is 334 g/mol. The van der Waals surface area contributed by atoms with E-state index in [-0.39, 0.29) is 17.9 Å². The van der Waals surface area contributed by atoms with Gasteiger partial charge in [-0.1, -0.05) is 24.3 Å². The van der Waals surface area contributed by atoms with E-state index in [9.17, 15) is 9.59 Å². The van der Waals surface area contributed by atoms with Gasteiger partial charge in [0.15, 0.2) is 11.5 Å². The monoisotopic (exact) mass is 351 g/mol. The fourth-order valence-corrected chi connectivity index (χ4v) is 3.53. The molecule has 1 N–H and O–H groups in total. The van der Waals surface area contributed by atoms with Gasteiger partial charge in [-0.15, -0.1) is 0 Å². The molecule has 132 valence electrons. The standard InChI is InChI=1S/C20H17NO5/c1-24-15-9-5-7-11(18(15)25-2)13-10-16(22)26-19-12-6-3-4-8-14(12)21-20(23)17(13)19/h3-9,13H,10H2,1-2H3,(H,21,23). The fraction of sp³-hybridized carbons (Fsp3) is 0.200. The Morgan fingerprint density at radius 1 is 1.04 bits per heavy atom. The molecule has 0 aliphatic carbocycles. The van der Waals surface area contributed by atoms with Crippen molar-refractivity contribution in [3.8, 4) is 17.2 Å². The number of aromatic nitrogens is 1. The van der Waals surface area contributed by atoms with Crippen LogP contribution in [0.25, 0.3) is 10.9 Å². The first-order chi connectivity index (χ1) is 12.6. The van der Waals surface area contributed by atoms with Gasteiger partial charge in [-0.05, 0) is 18.2 Å². The van der Waals surface area contributed by atoms with Crippen LogP contribution in [0.15, 0.2) is 47.3 Å². The van der Waals surface area contributed by atoms with Crippen LogP contribution in [-0.2, 0) is 4.79 Å². The number of rotatable bonds is 3. The zero-order valence-corrected chi connectivity index (χ0v) is 14.4. The average Bonchev–Trinajstić information content (AvgIpc) is 2.66. The molecule has 1 aliphatic rings. The fourth-order valence-electron chi connectivity index (χ4n) is 3.53. The van der Waals surface area contributed by atoms with Crippen molar-refractivity contribution < 1.29 is 19.0 Å². The van der Waals surface area contributed by atoms with E-state index < -0.39 is 5.92 Å². The summed E-state index contributed by atoms with van der Waals surface area (Å²) in [6, 6.07) is 12.7. The molecule has 4 rings (SSSR count). The highest BCUT2D eigenvalue weighted by Gasteiger charge is 2.34. The number of para-hydroxylation sites is 2. The Kier molecular flexibility index (Phi) is 3.88. The molecule has 0 bridgehead atoms. The second-order valence-corrected chi connectivity index (χ2v) is 6.06. The highest BCUT2D eigenvalue weighted by atomic mass is 16.5. The highest BCUT2D eigenvalue weighted by Crippen LogP contribution is 2.45. The summed E-state index contributed by atoms with van der Waals surface area (Å²) in [5.74, 6) is 0.499. The molecule has 1 atom stereocenters. The van der Waals surface area contributed by atoms with Crippen molar-refractivity contribution in [2.45, 2.75) is 12.3 Å². The molecule has 0 amide bonds. The molecule has 0 fully saturated rings. The lowest BCUT2D eigenvalue weighted by Gasteiger charge is -2.26. The van der Waals surface area contributed by atoms with Crippen molar-refractivity contribution in [2.24, 2.45) is 0 Å². The number of carbonyl (C=O) groups is 1. The predicted octanol–water partition coefficient (Wildman–Crippen LogP) is 2.99. The third-order valence-electron chi connectivity index (χ3n) is 4.65.